The van der Waals surface area contributed by atoms with Crippen molar-refractivity contribution < 1.29 is 14.3 Å². The lowest BCUT2D eigenvalue weighted by Gasteiger charge is -2.43. The molecule has 2 aliphatic rings. The second kappa shape index (κ2) is 6.51. The van der Waals surface area contributed by atoms with Gasteiger partial charge in [0.1, 0.15) is 6.54 Å². The summed E-state index contributed by atoms with van der Waals surface area (Å²) in [5, 5.41) is 0. The van der Waals surface area contributed by atoms with E-state index in [1.807, 2.05) is 6.07 Å². The van der Waals surface area contributed by atoms with Crippen LogP contribution >= 0.6 is 0 Å². The zero-order valence-electron chi connectivity index (χ0n) is 13.0. The minimum Gasteiger partial charge on any atom is -0.468 e. The van der Waals surface area contributed by atoms with E-state index in [4.69, 9.17) is 4.74 Å². The Balaban J connectivity index is 1.93. The van der Waals surface area contributed by atoms with Crippen molar-refractivity contribution in [1.82, 2.24) is 4.90 Å². The molecule has 0 aliphatic heterocycles. The summed E-state index contributed by atoms with van der Waals surface area (Å²) >= 11 is 0. The molecule has 3 atom stereocenters. The molecule has 3 unspecified atom stereocenters. The van der Waals surface area contributed by atoms with Gasteiger partial charge in [-0.3, -0.25) is 9.59 Å². The van der Waals surface area contributed by atoms with Crippen LogP contribution in [-0.2, 0) is 14.3 Å². The zero-order chi connectivity index (χ0) is 15.5. The van der Waals surface area contributed by atoms with E-state index in [0.29, 0.717) is 11.8 Å². The molecule has 1 aromatic carbocycles. The van der Waals surface area contributed by atoms with Crippen molar-refractivity contribution in [3.05, 3.63) is 35.4 Å². The second-order valence-corrected chi connectivity index (χ2v) is 6.39. The van der Waals surface area contributed by atoms with E-state index in [1.54, 1.807) is 4.90 Å². The number of hydrogen-bond acceptors (Lipinski definition) is 3. The van der Waals surface area contributed by atoms with Crippen molar-refractivity contribution in [2.24, 2.45) is 5.92 Å². The third-order valence-electron chi connectivity index (χ3n) is 5.26. The molecule has 1 fully saturated rings. The zero-order valence-corrected chi connectivity index (χ0v) is 13.0. The highest BCUT2D eigenvalue weighted by Crippen LogP contribution is 2.49. The molecule has 2 aliphatic carbocycles. The molecule has 0 aromatic heterocycles. The molecular formula is C18H23NO3. The molecule has 0 saturated heterocycles. The lowest BCUT2D eigenvalue weighted by molar-refractivity contribution is -0.145. The summed E-state index contributed by atoms with van der Waals surface area (Å²) < 4.78 is 4.73. The molecule has 22 heavy (non-hydrogen) atoms. The Morgan fingerprint density at radius 2 is 2.00 bits per heavy atom. The number of fused-ring (bicyclic) bond motifs is 3. The summed E-state index contributed by atoms with van der Waals surface area (Å²) in [5.74, 6) is 0.872. The fourth-order valence-corrected chi connectivity index (χ4v) is 4.21. The Morgan fingerprint density at radius 1 is 1.27 bits per heavy atom. The fraction of sp³-hybridized carbons (Fsp3) is 0.556. The SMILES string of the molecule is COC(=O)CN(C=O)C1CC2CCCCC2c2ccccc21. The largest absolute Gasteiger partial charge is 0.468 e. The van der Waals surface area contributed by atoms with E-state index < -0.39 is 0 Å². The van der Waals surface area contributed by atoms with Crippen molar-refractivity contribution in [1.29, 1.82) is 0 Å². The summed E-state index contributed by atoms with van der Waals surface area (Å²) in [7, 11) is 1.36. The summed E-state index contributed by atoms with van der Waals surface area (Å²) in [6.45, 7) is 0.0242. The highest BCUT2D eigenvalue weighted by atomic mass is 16.5. The number of carbonyl (C=O) groups excluding carboxylic acids is 2. The lowest BCUT2D eigenvalue weighted by atomic mass is 9.66. The molecule has 1 aromatic rings. The first-order valence-corrected chi connectivity index (χ1v) is 8.11. The maximum atomic E-state index is 11.6. The molecule has 0 radical (unpaired) electrons. The monoisotopic (exact) mass is 301 g/mol. The van der Waals surface area contributed by atoms with E-state index in [9.17, 15) is 9.59 Å². The number of carbonyl (C=O) groups is 2. The van der Waals surface area contributed by atoms with E-state index in [2.05, 4.69) is 18.2 Å². The summed E-state index contributed by atoms with van der Waals surface area (Å²) in [5.41, 5.74) is 2.59. The van der Waals surface area contributed by atoms with Crippen LogP contribution in [0.4, 0.5) is 0 Å². The van der Waals surface area contributed by atoms with Gasteiger partial charge in [-0.25, -0.2) is 0 Å². The number of benzene rings is 1. The Kier molecular flexibility index (Phi) is 4.46. The van der Waals surface area contributed by atoms with E-state index in [-0.39, 0.29) is 18.6 Å². The van der Waals surface area contributed by atoms with E-state index in [1.165, 1.54) is 43.9 Å². The third kappa shape index (κ3) is 2.74. The van der Waals surface area contributed by atoms with Gasteiger partial charge in [-0.1, -0.05) is 37.1 Å². The summed E-state index contributed by atoms with van der Waals surface area (Å²) in [6.07, 6.45) is 6.78. The van der Waals surface area contributed by atoms with Gasteiger partial charge >= 0.3 is 5.97 Å². The highest BCUT2D eigenvalue weighted by molar-refractivity contribution is 5.74. The average Bonchev–Trinajstić information content (AvgIpc) is 2.59. The van der Waals surface area contributed by atoms with Gasteiger partial charge in [0.05, 0.1) is 13.2 Å². The Bertz CT molecular complexity index is 557. The maximum Gasteiger partial charge on any atom is 0.325 e. The minimum absolute atomic E-state index is 0.00727. The number of ether oxygens (including phenoxy) is 1. The molecular weight excluding hydrogens is 278 g/mol. The Labute approximate surface area is 131 Å². The predicted molar refractivity (Wildman–Crippen MR) is 83.3 cm³/mol. The summed E-state index contributed by atoms with van der Waals surface area (Å²) in [6, 6.07) is 8.41. The predicted octanol–water partition coefficient (Wildman–Crippen LogP) is 3.04. The molecule has 118 valence electrons. The van der Waals surface area contributed by atoms with Gasteiger partial charge in [0.2, 0.25) is 6.41 Å². The molecule has 0 heterocycles. The van der Waals surface area contributed by atoms with Crippen LogP contribution in [0.2, 0.25) is 0 Å². The highest BCUT2D eigenvalue weighted by Gasteiger charge is 2.38. The van der Waals surface area contributed by atoms with Crippen molar-refractivity contribution >= 4 is 12.4 Å². The second-order valence-electron chi connectivity index (χ2n) is 6.39. The smallest absolute Gasteiger partial charge is 0.325 e. The number of hydrogen-bond donors (Lipinski definition) is 0. The van der Waals surface area contributed by atoms with Gasteiger partial charge in [-0.15, -0.1) is 0 Å². The van der Waals surface area contributed by atoms with Crippen molar-refractivity contribution in [3.63, 3.8) is 0 Å². The van der Waals surface area contributed by atoms with E-state index >= 15 is 0 Å². The standard InChI is InChI=1S/C18H23NO3/c1-22-18(21)11-19(12-20)17-10-13-6-2-3-7-14(13)15-8-4-5-9-16(15)17/h4-5,8-9,12-14,17H,2-3,6-7,10-11H2,1H3. The maximum absolute atomic E-state index is 11.6. The van der Waals surface area contributed by atoms with Crippen molar-refractivity contribution in [3.8, 4) is 0 Å². The summed E-state index contributed by atoms with van der Waals surface area (Å²) in [4.78, 5) is 24.7. The Hall–Kier alpha value is -1.84. The number of esters is 1. The molecule has 4 heteroatoms. The first-order chi connectivity index (χ1) is 10.7. The number of methoxy groups -OCH3 is 1. The number of rotatable bonds is 4. The lowest BCUT2D eigenvalue weighted by Crippen LogP contribution is -2.38. The molecule has 3 rings (SSSR count). The molecule has 0 N–H and O–H groups in total. The van der Waals surface area contributed by atoms with Crippen LogP contribution in [-0.4, -0.2) is 30.9 Å². The van der Waals surface area contributed by atoms with Gasteiger partial charge in [0.25, 0.3) is 0 Å². The number of nitrogens with zero attached hydrogens (tertiary/aromatic N) is 1. The van der Waals surface area contributed by atoms with Crippen molar-refractivity contribution in [2.75, 3.05) is 13.7 Å². The van der Waals surface area contributed by atoms with Crippen LogP contribution in [0, 0.1) is 5.92 Å². The number of amides is 1. The fourth-order valence-electron chi connectivity index (χ4n) is 4.21. The molecule has 0 bridgehead atoms. The molecule has 1 amide bonds. The molecule has 1 saturated carbocycles. The average molecular weight is 301 g/mol. The van der Waals surface area contributed by atoms with E-state index in [0.717, 1.165) is 12.8 Å². The van der Waals surface area contributed by atoms with Crippen LogP contribution < -0.4 is 0 Å². The normalized spacial score (nSPS) is 26.5. The van der Waals surface area contributed by atoms with Crippen LogP contribution in [0.1, 0.15) is 55.2 Å². The molecule has 0 spiro atoms. The Morgan fingerprint density at radius 3 is 2.73 bits per heavy atom. The third-order valence-corrected chi connectivity index (χ3v) is 5.26. The van der Waals surface area contributed by atoms with Crippen LogP contribution in [0.3, 0.4) is 0 Å². The van der Waals surface area contributed by atoms with Gasteiger partial charge in [-0.05, 0) is 42.2 Å². The first kappa shape index (κ1) is 15.1. The molecule has 4 nitrogen and oxygen atoms in total. The van der Waals surface area contributed by atoms with Gasteiger partial charge in [0.15, 0.2) is 0 Å². The van der Waals surface area contributed by atoms with Gasteiger partial charge in [-0.2, -0.15) is 0 Å². The topological polar surface area (TPSA) is 46.6 Å². The first-order valence-electron chi connectivity index (χ1n) is 8.11. The van der Waals surface area contributed by atoms with Crippen LogP contribution in [0.25, 0.3) is 0 Å². The van der Waals surface area contributed by atoms with Crippen LogP contribution in [0.15, 0.2) is 24.3 Å². The quantitative estimate of drug-likeness (QED) is 0.634. The van der Waals surface area contributed by atoms with Gasteiger partial charge in [0, 0.05) is 0 Å². The van der Waals surface area contributed by atoms with Gasteiger partial charge < -0.3 is 9.64 Å². The minimum atomic E-state index is -0.365. The van der Waals surface area contributed by atoms with Crippen molar-refractivity contribution in [2.45, 2.75) is 44.1 Å². The van der Waals surface area contributed by atoms with Crippen LogP contribution in [0.5, 0.6) is 0 Å².